The van der Waals surface area contributed by atoms with Gasteiger partial charge in [-0.1, -0.05) is 74.0 Å². The van der Waals surface area contributed by atoms with Gasteiger partial charge in [-0.2, -0.15) is 4.98 Å². The van der Waals surface area contributed by atoms with Gasteiger partial charge in [0.1, 0.15) is 0 Å². The number of rotatable bonds is 9. The molecule has 11 heteroatoms. The molecule has 4 fully saturated rings. The zero-order chi connectivity index (χ0) is 37.0. The van der Waals surface area contributed by atoms with Crippen LogP contribution >= 0.6 is 15.9 Å². The summed E-state index contributed by atoms with van der Waals surface area (Å²) in [6.07, 6.45) is 7.32. The van der Waals surface area contributed by atoms with Gasteiger partial charge in [-0.25, -0.2) is 4.68 Å². The van der Waals surface area contributed by atoms with Gasteiger partial charge >= 0.3 is 5.97 Å². The van der Waals surface area contributed by atoms with Crippen molar-refractivity contribution in [1.29, 1.82) is 0 Å². The minimum Gasteiger partial charge on any atom is -0.481 e. The smallest absolute Gasteiger partial charge is 0.307 e. The summed E-state index contributed by atoms with van der Waals surface area (Å²) in [6.45, 7) is 23.6. The second-order valence-corrected chi connectivity index (χ2v) is 19.7. The monoisotopic (exact) mass is 759 g/mol. The molecule has 1 amide bonds. The molecule has 1 saturated heterocycles. The number of carboxylic acid groups (broad SMARTS) is 1. The lowest BCUT2D eigenvalue weighted by atomic mass is 9.34. The highest BCUT2D eigenvalue weighted by atomic mass is 79.9. The van der Waals surface area contributed by atoms with Crippen LogP contribution in [0.4, 0.5) is 0 Å². The molecule has 1 aliphatic heterocycles. The average molecular weight is 761 g/mol. The van der Waals surface area contributed by atoms with Crippen LogP contribution in [0.5, 0.6) is 0 Å². The SMILES string of the molecule is CC(C)[C@@H](C)[C@@]1(C)CC[C@]2(C)[C@H]3CC[C@@H]4[C@@]5(COC[C@@]4(C)[C@@H](OC[C@](C)(N)C(C)C)[C@H](n4nc(Br)nc4C(N)=O)C5)C3=CC[C@@]2(C)[C@@H]1C(=O)O. The Morgan fingerprint density at radius 1 is 1.12 bits per heavy atom. The number of hydrogen-bond acceptors (Lipinski definition) is 7. The number of nitrogens with zero attached hydrogens (tertiary/aromatic N) is 3. The molecule has 2 heterocycles. The van der Waals surface area contributed by atoms with E-state index in [0.717, 1.165) is 25.7 Å². The van der Waals surface area contributed by atoms with Gasteiger partial charge < -0.3 is 26.0 Å². The van der Waals surface area contributed by atoms with Crippen LogP contribution in [-0.2, 0) is 14.3 Å². The van der Waals surface area contributed by atoms with Crippen molar-refractivity contribution >= 4 is 27.8 Å². The van der Waals surface area contributed by atoms with Gasteiger partial charge in [0.05, 0.1) is 37.9 Å². The van der Waals surface area contributed by atoms with Crippen molar-refractivity contribution in [3.63, 3.8) is 0 Å². The molecule has 5 N–H and O–H groups in total. The Balaban J connectivity index is 1.49. The lowest BCUT2D eigenvalue weighted by molar-refractivity contribution is -0.252. The van der Waals surface area contributed by atoms with Crippen molar-refractivity contribution in [3.8, 4) is 0 Å². The number of primary amides is 1. The largest absolute Gasteiger partial charge is 0.481 e. The standard InChI is InChI=1S/C39H62BrN5O5/c1-21(2)23(5)34(6)15-16-36(8)24-11-12-27-35(7)18-49-20-39(27,25(24)13-14-37(36,9)28(34)32(47)48)17-26(29(35)50-19-38(10,42)22(3)4)45-31(30(41)46)43-33(40)44-45/h13,21-24,26-29H,11-12,14-20,42H2,1-10H3,(H2,41,46)(H,47,48)/t23-,24+,26-,27+,28-,29+,34-,35-,36-,37+,38+,39+/m1/s1. The molecular weight excluding hydrogens is 698 g/mol. The van der Waals surface area contributed by atoms with E-state index in [0.29, 0.717) is 43.3 Å². The topological polar surface area (TPSA) is 156 Å². The number of halogens is 1. The van der Waals surface area contributed by atoms with E-state index in [-0.39, 0.29) is 57.9 Å². The van der Waals surface area contributed by atoms with E-state index < -0.39 is 34.2 Å². The van der Waals surface area contributed by atoms with Crippen molar-refractivity contribution < 1.29 is 24.2 Å². The number of allylic oxidation sites excluding steroid dienone is 1. The summed E-state index contributed by atoms with van der Waals surface area (Å²) in [6, 6.07) is -0.349. The van der Waals surface area contributed by atoms with Gasteiger partial charge in [-0.15, -0.1) is 5.10 Å². The third-order valence-corrected chi connectivity index (χ3v) is 16.5. The fourth-order valence-electron chi connectivity index (χ4n) is 12.3. The Morgan fingerprint density at radius 2 is 1.80 bits per heavy atom. The first-order chi connectivity index (χ1) is 23.1. The zero-order valence-corrected chi connectivity index (χ0v) is 33.6. The number of carbonyl (C=O) groups is 2. The molecule has 1 aromatic rings. The maximum Gasteiger partial charge on any atom is 0.307 e. The van der Waals surface area contributed by atoms with Gasteiger partial charge in [-0.05, 0) is 107 Å². The van der Waals surface area contributed by atoms with Crippen molar-refractivity contribution in [2.24, 2.45) is 74.0 Å². The van der Waals surface area contributed by atoms with E-state index in [4.69, 9.17) is 26.0 Å². The minimum atomic E-state index is -0.660. The Kier molecular flexibility index (Phi) is 9.38. The molecule has 1 aromatic heterocycles. The number of aliphatic carboxylic acids is 1. The van der Waals surface area contributed by atoms with Gasteiger partial charge in [-0.3, -0.25) is 9.59 Å². The van der Waals surface area contributed by atoms with Crippen molar-refractivity contribution in [1.82, 2.24) is 14.8 Å². The van der Waals surface area contributed by atoms with Crippen molar-refractivity contribution in [3.05, 3.63) is 22.2 Å². The first-order valence-electron chi connectivity index (χ1n) is 18.9. The molecule has 12 atom stereocenters. The van der Waals surface area contributed by atoms with Crippen LogP contribution in [0.1, 0.15) is 124 Å². The van der Waals surface area contributed by atoms with E-state index in [1.54, 1.807) is 4.68 Å². The number of fused-ring (bicyclic) bond motifs is 3. The number of carbonyl (C=O) groups excluding carboxylic acids is 1. The van der Waals surface area contributed by atoms with Gasteiger partial charge in [0, 0.05) is 16.4 Å². The van der Waals surface area contributed by atoms with E-state index in [1.165, 1.54) is 5.57 Å². The van der Waals surface area contributed by atoms with E-state index >= 15 is 0 Å². The van der Waals surface area contributed by atoms with Crippen LogP contribution < -0.4 is 11.5 Å². The maximum absolute atomic E-state index is 13.5. The van der Waals surface area contributed by atoms with Gasteiger partial charge in [0.25, 0.3) is 5.91 Å². The van der Waals surface area contributed by atoms with Crippen molar-refractivity contribution in [2.45, 2.75) is 125 Å². The molecule has 5 aliphatic rings. The van der Waals surface area contributed by atoms with E-state index in [1.807, 2.05) is 6.92 Å². The molecule has 0 aromatic carbocycles. The number of nitrogens with two attached hydrogens (primary N) is 2. The second kappa shape index (κ2) is 12.4. The predicted octanol–water partition coefficient (Wildman–Crippen LogP) is 7.03. The molecule has 6 rings (SSSR count). The molecular formula is C39H62BrN5O5. The normalized spacial score (nSPS) is 42.9. The summed E-state index contributed by atoms with van der Waals surface area (Å²) in [4.78, 5) is 30.7. The summed E-state index contributed by atoms with van der Waals surface area (Å²) in [5.41, 5.74) is 11.9. The zero-order valence-electron chi connectivity index (χ0n) is 32.0. The van der Waals surface area contributed by atoms with Crippen molar-refractivity contribution in [2.75, 3.05) is 19.8 Å². The fraction of sp³-hybridized carbons (Fsp3) is 0.846. The molecule has 280 valence electrons. The summed E-state index contributed by atoms with van der Waals surface area (Å²) in [7, 11) is 0. The quantitative estimate of drug-likeness (QED) is 0.227. The van der Waals surface area contributed by atoms with Crippen LogP contribution in [0.25, 0.3) is 0 Å². The molecule has 2 bridgehead atoms. The van der Waals surface area contributed by atoms with Gasteiger partial charge in [0.15, 0.2) is 0 Å². The molecule has 0 unspecified atom stereocenters. The fourth-order valence-corrected chi connectivity index (χ4v) is 12.6. The molecule has 50 heavy (non-hydrogen) atoms. The summed E-state index contributed by atoms with van der Waals surface area (Å²) in [5.74, 6) is -0.312. The second-order valence-electron chi connectivity index (χ2n) is 19.0. The van der Waals surface area contributed by atoms with Crippen LogP contribution in [0, 0.1) is 62.6 Å². The summed E-state index contributed by atoms with van der Waals surface area (Å²) < 4.78 is 15.7. The molecule has 0 radical (unpaired) electrons. The highest BCUT2D eigenvalue weighted by Gasteiger charge is 2.72. The predicted molar refractivity (Wildman–Crippen MR) is 196 cm³/mol. The third-order valence-electron chi connectivity index (χ3n) is 16.1. The van der Waals surface area contributed by atoms with Gasteiger partial charge in [0.2, 0.25) is 10.6 Å². The lowest BCUT2D eigenvalue weighted by Crippen LogP contribution is -2.69. The Bertz CT molecular complexity index is 1560. The lowest BCUT2D eigenvalue weighted by Gasteiger charge is -2.71. The van der Waals surface area contributed by atoms with Crippen LogP contribution in [-0.4, -0.2) is 63.2 Å². The Hall–Kier alpha value is -1.82. The van der Waals surface area contributed by atoms with Crippen LogP contribution in [0.15, 0.2) is 16.4 Å². The van der Waals surface area contributed by atoms with Crippen LogP contribution in [0.3, 0.4) is 0 Å². The number of ether oxygens (including phenoxy) is 2. The average Bonchev–Trinajstić information content (AvgIpc) is 3.41. The highest BCUT2D eigenvalue weighted by molar-refractivity contribution is 9.10. The van der Waals surface area contributed by atoms with Crippen LogP contribution in [0.2, 0.25) is 0 Å². The van der Waals surface area contributed by atoms with E-state index in [2.05, 4.69) is 89.3 Å². The molecule has 0 spiro atoms. The maximum atomic E-state index is 13.5. The highest BCUT2D eigenvalue weighted by Crippen LogP contribution is 2.75. The third kappa shape index (κ3) is 5.24. The molecule has 3 saturated carbocycles. The Morgan fingerprint density at radius 3 is 2.40 bits per heavy atom. The Labute approximate surface area is 307 Å². The molecule has 4 aliphatic carbocycles. The summed E-state index contributed by atoms with van der Waals surface area (Å²) in [5, 5.41) is 15.8. The minimum absolute atomic E-state index is 0.104. The first-order valence-corrected chi connectivity index (χ1v) is 19.7. The number of amides is 1. The van der Waals surface area contributed by atoms with E-state index in [9.17, 15) is 14.7 Å². The molecule has 10 nitrogen and oxygen atoms in total. The first kappa shape index (κ1) is 37.9. The number of hydrogen-bond donors (Lipinski definition) is 3. The number of aromatic nitrogens is 3. The summed E-state index contributed by atoms with van der Waals surface area (Å²) >= 11 is 3.43. The number of carboxylic acids is 1.